The minimum atomic E-state index is -0.746. The molecule has 0 amide bonds. The summed E-state index contributed by atoms with van der Waals surface area (Å²) >= 11 is 0. The second-order valence-corrected chi connectivity index (χ2v) is 4.64. The molecule has 6 nitrogen and oxygen atoms in total. The number of carbonyl (C=O) groups is 1. The number of nitrogens with zero attached hydrogens (tertiary/aromatic N) is 3. The van der Waals surface area contributed by atoms with Crippen LogP contribution in [0.2, 0.25) is 0 Å². The van der Waals surface area contributed by atoms with Crippen LogP contribution in [0.25, 0.3) is 0 Å². The summed E-state index contributed by atoms with van der Waals surface area (Å²) in [4.78, 5) is 15.4. The Morgan fingerprint density at radius 2 is 2.35 bits per heavy atom. The van der Waals surface area contributed by atoms with Crippen LogP contribution in [-0.2, 0) is 22.5 Å². The Labute approximate surface area is 98.6 Å². The highest BCUT2D eigenvalue weighted by molar-refractivity contribution is 5.70. The normalized spacial score (nSPS) is 28.0. The largest absolute Gasteiger partial charge is 0.481 e. The van der Waals surface area contributed by atoms with Gasteiger partial charge in [-0.25, -0.2) is 9.67 Å². The minimum absolute atomic E-state index is 0.0105. The molecule has 92 valence electrons. The number of aryl methyl sites for hydroxylation is 1. The predicted molar refractivity (Wildman–Crippen MR) is 57.4 cm³/mol. The summed E-state index contributed by atoms with van der Waals surface area (Å²) in [6, 6.07) is 0. The molecule has 2 atom stereocenters. The van der Waals surface area contributed by atoms with E-state index in [9.17, 15) is 4.79 Å². The van der Waals surface area contributed by atoms with Crippen LogP contribution >= 0.6 is 0 Å². The van der Waals surface area contributed by atoms with E-state index in [4.69, 9.17) is 9.84 Å². The third-order valence-corrected chi connectivity index (χ3v) is 3.44. The summed E-state index contributed by atoms with van der Waals surface area (Å²) in [5.74, 6) is 0.544. The van der Waals surface area contributed by atoms with Crippen molar-refractivity contribution in [2.75, 3.05) is 6.61 Å². The first-order chi connectivity index (χ1) is 8.24. The van der Waals surface area contributed by atoms with Gasteiger partial charge in [0.1, 0.15) is 11.9 Å². The van der Waals surface area contributed by atoms with Crippen molar-refractivity contribution in [1.29, 1.82) is 0 Å². The van der Waals surface area contributed by atoms with E-state index in [2.05, 4.69) is 10.1 Å². The number of aromatic nitrogens is 3. The number of rotatable bonds is 2. The van der Waals surface area contributed by atoms with Gasteiger partial charge in [-0.15, -0.1) is 0 Å². The van der Waals surface area contributed by atoms with Gasteiger partial charge in [-0.1, -0.05) is 0 Å². The Morgan fingerprint density at radius 3 is 3.06 bits per heavy atom. The van der Waals surface area contributed by atoms with Gasteiger partial charge in [-0.2, -0.15) is 5.10 Å². The zero-order valence-electron chi connectivity index (χ0n) is 9.50. The van der Waals surface area contributed by atoms with Crippen LogP contribution in [0.3, 0.4) is 0 Å². The van der Waals surface area contributed by atoms with Gasteiger partial charge in [0.2, 0.25) is 0 Å². The van der Waals surface area contributed by atoms with Crippen LogP contribution in [-0.4, -0.2) is 32.4 Å². The Morgan fingerprint density at radius 1 is 1.47 bits per heavy atom. The molecule has 17 heavy (non-hydrogen) atoms. The number of fused-ring (bicyclic) bond motifs is 1. The maximum Gasteiger partial charge on any atom is 0.308 e. The molecule has 1 saturated heterocycles. The maximum atomic E-state index is 10.9. The lowest BCUT2D eigenvalue weighted by Gasteiger charge is -2.18. The van der Waals surface area contributed by atoms with Crippen LogP contribution in [0.4, 0.5) is 0 Å². The Balaban J connectivity index is 1.81. The van der Waals surface area contributed by atoms with Crippen molar-refractivity contribution < 1.29 is 14.6 Å². The molecule has 3 heterocycles. The van der Waals surface area contributed by atoms with Crippen LogP contribution in [0, 0.1) is 5.92 Å². The van der Waals surface area contributed by atoms with Crippen LogP contribution in [0.5, 0.6) is 0 Å². The van der Waals surface area contributed by atoms with Crippen LogP contribution < -0.4 is 0 Å². The number of carboxylic acid groups (broad SMARTS) is 1. The highest BCUT2D eigenvalue weighted by Gasteiger charge is 2.29. The van der Waals surface area contributed by atoms with Crippen molar-refractivity contribution >= 4 is 5.97 Å². The molecule has 0 aliphatic carbocycles. The first-order valence-corrected chi connectivity index (χ1v) is 6.02. The second-order valence-electron chi connectivity index (χ2n) is 4.64. The van der Waals surface area contributed by atoms with Gasteiger partial charge in [0.25, 0.3) is 0 Å². The van der Waals surface area contributed by atoms with Gasteiger partial charge in [-0.05, 0) is 19.3 Å². The molecule has 2 aliphatic heterocycles. The van der Waals surface area contributed by atoms with E-state index in [-0.39, 0.29) is 12.0 Å². The van der Waals surface area contributed by atoms with Crippen molar-refractivity contribution in [3.05, 3.63) is 11.6 Å². The third kappa shape index (κ3) is 1.93. The van der Waals surface area contributed by atoms with Gasteiger partial charge in [-0.3, -0.25) is 4.79 Å². The first-order valence-electron chi connectivity index (χ1n) is 6.02. The van der Waals surface area contributed by atoms with Crippen LogP contribution in [0.1, 0.15) is 37.0 Å². The molecular weight excluding hydrogens is 222 g/mol. The maximum absolute atomic E-state index is 10.9. The fraction of sp³-hybridized carbons (Fsp3) is 0.727. The van der Waals surface area contributed by atoms with E-state index >= 15 is 0 Å². The first kappa shape index (κ1) is 10.7. The molecule has 0 aromatic carbocycles. The smallest absolute Gasteiger partial charge is 0.308 e. The molecule has 1 N–H and O–H groups in total. The van der Waals surface area contributed by atoms with E-state index in [0.29, 0.717) is 19.4 Å². The number of hydrogen-bond donors (Lipinski definition) is 1. The lowest BCUT2D eigenvalue weighted by atomic mass is 10.0. The minimum Gasteiger partial charge on any atom is -0.481 e. The van der Waals surface area contributed by atoms with E-state index in [1.807, 2.05) is 0 Å². The number of ether oxygens (including phenoxy) is 1. The van der Waals surface area contributed by atoms with Crippen molar-refractivity contribution in [3.63, 3.8) is 0 Å². The number of carboxylic acids is 1. The highest BCUT2D eigenvalue weighted by Crippen LogP contribution is 2.28. The summed E-state index contributed by atoms with van der Waals surface area (Å²) in [5.41, 5.74) is 0. The average Bonchev–Trinajstić information content (AvgIpc) is 2.96. The molecule has 0 spiro atoms. The van der Waals surface area contributed by atoms with Gasteiger partial charge in [0.15, 0.2) is 5.82 Å². The molecule has 0 radical (unpaired) electrons. The number of aliphatic carboxylic acids is 1. The Hall–Kier alpha value is -1.43. The van der Waals surface area contributed by atoms with Crippen molar-refractivity contribution in [2.24, 2.45) is 5.92 Å². The van der Waals surface area contributed by atoms with Crippen molar-refractivity contribution in [3.8, 4) is 0 Å². The Bertz CT molecular complexity index is 437. The zero-order valence-corrected chi connectivity index (χ0v) is 9.50. The lowest BCUT2D eigenvalue weighted by Crippen LogP contribution is -2.27. The summed E-state index contributed by atoms with van der Waals surface area (Å²) in [6.07, 6.45) is 3.37. The van der Waals surface area contributed by atoms with Gasteiger partial charge in [0.05, 0.1) is 12.5 Å². The standard InChI is InChI=1S/C11H15N3O3/c15-11(16)7-3-4-9-12-10(13-14(9)6-7)8-2-1-5-17-8/h7-8H,1-6H2,(H,15,16). The molecule has 1 fully saturated rings. The molecule has 0 saturated carbocycles. The van der Waals surface area contributed by atoms with Crippen molar-refractivity contribution in [1.82, 2.24) is 14.8 Å². The molecular formula is C11H15N3O3. The van der Waals surface area contributed by atoms with Gasteiger partial charge in [0, 0.05) is 13.0 Å². The molecule has 0 bridgehead atoms. The summed E-state index contributed by atoms with van der Waals surface area (Å²) in [7, 11) is 0. The predicted octanol–water partition coefficient (Wildman–Crippen LogP) is 0.777. The second kappa shape index (κ2) is 4.10. The molecule has 2 unspecified atom stereocenters. The van der Waals surface area contributed by atoms with E-state index < -0.39 is 5.97 Å². The van der Waals surface area contributed by atoms with Crippen LogP contribution in [0.15, 0.2) is 0 Å². The van der Waals surface area contributed by atoms with E-state index in [1.165, 1.54) is 0 Å². The molecule has 2 aliphatic rings. The third-order valence-electron chi connectivity index (χ3n) is 3.44. The fourth-order valence-electron chi connectivity index (χ4n) is 2.45. The fourth-order valence-corrected chi connectivity index (χ4v) is 2.45. The summed E-state index contributed by atoms with van der Waals surface area (Å²) < 4.78 is 7.27. The molecule has 1 aromatic rings. The zero-order chi connectivity index (χ0) is 11.8. The van der Waals surface area contributed by atoms with Gasteiger partial charge >= 0.3 is 5.97 Å². The molecule has 1 aromatic heterocycles. The lowest BCUT2D eigenvalue weighted by molar-refractivity contribution is -0.142. The number of hydrogen-bond acceptors (Lipinski definition) is 4. The van der Waals surface area contributed by atoms with E-state index in [1.54, 1.807) is 4.68 Å². The topological polar surface area (TPSA) is 77.2 Å². The molecule has 3 rings (SSSR count). The van der Waals surface area contributed by atoms with Gasteiger partial charge < -0.3 is 9.84 Å². The quantitative estimate of drug-likeness (QED) is 0.822. The summed E-state index contributed by atoms with van der Waals surface area (Å²) in [5, 5.41) is 13.4. The SMILES string of the molecule is O=C(O)C1CCc2nc(C3CCCO3)nn2C1. The van der Waals surface area contributed by atoms with E-state index in [0.717, 1.165) is 31.1 Å². The Kier molecular flexibility index (Phi) is 2.58. The monoisotopic (exact) mass is 237 g/mol. The summed E-state index contributed by atoms with van der Waals surface area (Å²) in [6.45, 7) is 1.21. The molecule has 6 heteroatoms. The highest BCUT2D eigenvalue weighted by atomic mass is 16.5. The van der Waals surface area contributed by atoms with Crippen molar-refractivity contribution in [2.45, 2.75) is 38.3 Å². The average molecular weight is 237 g/mol.